The third-order valence-electron chi connectivity index (χ3n) is 2.37. The van der Waals surface area contributed by atoms with Gasteiger partial charge in [-0.1, -0.05) is 11.6 Å². The van der Waals surface area contributed by atoms with Crippen molar-refractivity contribution in [2.24, 2.45) is 5.73 Å². The smallest absolute Gasteiger partial charge is 0.323 e. The van der Waals surface area contributed by atoms with Crippen LogP contribution < -0.4 is 5.73 Å². The zero-order valence-corrected chi connectivity index (χ0v) is 9.45. The van der Waals surface area contributed by atoms with Gasteiger partial charge in [-0.15, -0.1) is 0 Å². The number of nitrogens with two attached hydrogens (primary N) is 1. The maximum absolute atomic E-state index is 10.8. The van der Waals surface area contributed by atoms with Gasteiger partial charge in [0.1, 0.15) is 5.54 Å². The Labute approximate surface area is 92.8 Å². The summed E-state index contributed by atoms with van der Waals surface area (Å²) < 4.78 is 1.65. The van der Waals surface area contributed by atoms with Gasteiger partial charge < -0.3 is 10.8 Å². The number of carboxylic acids is 1. The Kier molecular flexibility index (Phi) is 3.36. The second-order valence-corrected chi connectivity index (χ2v) is 4.18. The molecule has 1 atom stereocenters. The molecular formula is C9H14ClN3O2. The van der Waals surface area contributed by atoms with Crippen LogP contribution in [0.1, 0.15) is 19.0 Å². The van der Waals surface area contributed by atoms with Crippen molar-refractivity contribution in [3.05, 3.63) is 16.9 Å². The molecule has 0 aromatic carbocycles. The molecule has 0 saturated carbocycles. The van der Waals surface area contributed by atoms with Crippen molar-refractivity contribution < 1.29 is 9.90 Å². The summed E-state index contributed by atoms with van der Waals surface area (Å²) in [6.07, 6.45) is 1.84. The van der Waals surface area contributed by atoms with Crippen LogP contribution in [-0.2, 0) is 11.3 Å². The molecule has 0 fully saturated rings. The van der Waals surface area contributed by atoms with E-state index >= 15 is 0 Å². The van der Waals surface area contributed by atoms with E-state index < -0.39 is 11.5 Å². The SMILES string of the molecule is Cc1c(Cl)cnn1CCC(C)(N)C(=O)O. The molecule has 0 saturated heterocycles. The second-order valence-electron chi connectivity index (χ2n) is 3.77. The van der Waals surface area contributed by atoms with Crippen LogP contribution in [0.15, 0.2) is 6.20 Å². The van der Waals surface area contributed by atoms with E-state index in [0.29, 0.717) is 18.0 Å². The van der Waals surface area contributed by atoms with Gasteiger partial charge in [0.25, 0.3) is 0 Å². The molecule has 0 aliphatic carbocycles. The first-order valence-electron chi connectivity index (χ1n) is 4.55. The van der Waals surface area contributed by atoms with Crippen LogP contribution in [0.4, 0.5) is 0 Å². The minimum atomic E-state index is -1.23. The number of hydrogen-bond acceptors (Lipinski definition) is 3. The van der Waals surface area contributed by atoms with Crippen molar-refractivity contribution in [2.45, 2.75) is 32.4 Å². The van der Waals surface area contributed by atoms with Crippen molar-refractivity contribution in [3.63, 3.8) is 0 Å². The lowest BCUT2D eigenvalue weighted by atomic mass is 10.00. The van der Waals surface area contributed by atoms with E-state index in [-0.39, 0.29) is 0 Å². The van der Waals surface area contributed by atoms with Crippen molar-refractivity contribution in [2.75, 3.05) is 0 Å². The molecule has 5 nitrogen and oxygen atoms in total. The molecule has 0 aliphatic rings. The Morgan fingerprint density at radius 1 is 1.80 bits per heavy atom. The standard InChI is InChI=1S/C9H14ClN3O2/c1-6-7(10)5-12-13(6)4-3-9(2,11)8(14)15/h5H,3-4,11H2,1-2H3,(H,14,15). The molecule has 0 radical (unpaired) electrons. The van der Waals surface area contributed by atoms with Crippen LogP contribution in [0.3, 0.4) is 0 Å². The average molecular weight is 232 g/mol. The van der Waals surface area contributed by atoms with E-state index in [4.69, 9.17) is 22.4 Å². The van der Waals surface area contributed by atoms with Gasteiger partial charge in [-0.2, -0.15) is 5.10 Å². The second kappa shape index (κ2) is 4.20. The van der Waals surface area contributed by atoms with Crippen molar-refractivity contribution >= 4 is 17.6 Å². The van der Waals surface area contributed by atoms with E-state index in [2.05, 4.69) is 5.10 Å². The molecule has 1 unspecified atom stereocenters. The van der Waals surface area contributed by atoms with Crippen molar-refractivity contribution in [3.8, 4) is 0 Å². The summed E-state index contributed by atoms with van der Waals surface area (Å²) >= 11 is 5.81. The highest BCUT2D eigenvalue weighted by atomic mass is 35.5. The molecule has 1 rings (SSSR count). The maximum atomic E-state index is 10.8. The Balaban J connectivity index is 2.65. The lowest BCUT2D eigenvalue weighted by Gasteiger charge is -2.19. The summed E-state index contributed by atoms with van der Waals surface area (Å²) in [6.45, 7) is 3.75. The quantitative estimate of drug-likeness (QED) is 0.811. The first-order valence-corrected chi connectivity index (χ1v) is 4.92. The topological polar surface area (TPSA) is 81.1 Å². The van der Waals surface area contributed by atoms with Crippen LogP contribution in [0.2, 0.25) is 5.02 Å². The summed E-state index contributed by atoms with van der Waals surface area (Å²) in [5, 5.41) is 13.4. The zero-order chi connectivity index (χ0) is 11.6. The van der Waals surface area contributed by atoms with E-state index in [0.717, 1.165) is 5.69 Å². The van der Waals surface area contributed by atoms with Gasteiger partial charge in [0.15, 0.2) is 0 Å². The highest BCUT2D eigenvalue weighted by Gasteiger charge is 2.27. The number of carboxylic acid groups (broad SMARTS) is 1. The fourth-order valence-corrected chi connectivity index (χ4v) is 1.24. The third kappa shape index (κ3) is 2.70. The van der Waals surface area contributed by atoms with Crippen LogP contribution in [0.5, 0.6) is 0 Å². The third-order valence-corrected chi connectivity index (χ3v) is 2.75. The van der Waals surface area contributed by atoms with Crippen molar-refractivity contribution in [1.29, 1.82) is 0 Å². The summed E-state index contributed by atoms with van der Waals surface area (Å²) in [6, 6.07) is 0. The molecule has 1 heterocycles. The average Bonchev–Trinajstić information content (AvgIpc) is 2.45. The van der Waals surface area contributed by atoms with Crippen molar-refractivity contribution in [1.82, 2.24) is 9.78 Å². The summed E-state index contributed by atoms with van der Waals surface area (Å²) in [5.41, 5.74) is 5.18. The molecule has 84 valence electrons. The number of aryl methyl sites for hydroxylation is 1. The first-order chi connectivity index (χ1) is 6.84. The highest BCUT2D eigenvalue weighted by molar-refractivity contribution is 6.31. The predicted octanol–water partition coefficient (Wildman–Crippen LogP) is 1.04. The molecule has 0 spiro atoms. The number of nitrogens with zero attached hydrogens (tertiary/aromatic N) is 2. The van der Waals surface area contributed by atoms with Crippen LogP contribution in [0, 0.1) is 6.92 Å². The molecule has 6 heteroatoms. The van der Waals surface area contributed by atoms with Crippen LogP contribution in [-0.4, -0.2) is 26.4 Å². The lowest BCUT2D eigenvalue weighted by molar-refractivity contribution is -0.143. The molecular weight excluding hydrogens is 218 g/mol. The van der Waals surface area contributed by atoms with Gasteiger partial charge in [-0.05, 0) is 20.3 Å². The van der Waals surface area contributed by atoms with Gasteiger partial charge in [-0.3, -0.25) is 9.48 Å². The number of aromatic nitrogens is 2. The van der Waals surface area contributed by atoms with E-state index in [9.17, 15) is 4.79 Å². The molecule has 1 aromatic rings. The van der Waals surface area contributed by atoms with E-state index in [1.165, 1.54) is 13.1 Å². The molecule has 3 N–H and O–H groups in total. The summed E-state index contributed by atoms with van der Waals surface area (Å²) in [7, 11) is 0. The predicted molar refractivity (Wildman–Crippen MR) is 56.8 cm³/mol. The highest BCUT2D eigenvalue weighted by Crippen LogP contribution is 2.15. The number of carbonyl (C=O) groups is 1. The fraction of sp³-hybridized carbons (Fsp3) is 0.556. The molecule has 0 amide bonds. The van der Waals surface area contributed by atoms with Gasteiger partial charge in [0, 0.05) is 6.54 Å². The van der Waals surface area contributed by atoms with E-state index in [1.807, 2.05) is 6.92 Å². The van der Waals surface area contributed by atoms with Gasteiger partial charge in [-0.25, -0.2) is 0 Å². The monoisotopic (exact) mass is 231 g/mol. The largest absolute Gasteiger partial charge is 0.480 e. The summed E-state index contributed by atoms with van der Waals surface area (Å²) in [4.78, 5) is 10.8. The van der Waals surface area contributed by atoms with Gasteiger partial charge in [0.05, 0.1) is 16.9 Å². The summed E-state index contributed by atoms with van der Waals surface area (Å²) in [5.74, 6) is -1.02. The Hall–Kier alpha value is -1.07. The number of hydrogen-bond donors (Lipinski definition) is 2. The van der Waals surface area contributed by atoms with Crippen LogP contribution >= 0.6 is 11.6 Å². The lowest BCUT2D eigenvalue weighted by Crippen LogP contribution is -2.45. The van der Waals surface area contributed by atoms with Gasteiger partial charge >= 0.3 is 5.97 Å². The fourth-order valence-electron chi connectivity index (χ4n) is 1.09. The number of aliphatic carboxylic acids is 1. The minimum absolute atomic E-state index is 0.307. The van der Waals surface area contributed by atoms with Gasteiger partial charge in [0.2, 0.25) is 0 Å². The molecule has 1 aromatic heterocycles. The van der Waals surface area contributed by atoms with E-state index in [1.54, 1.807) is 4.68 Å². The number of rotatable bonds is 4. The van der Waals surface area contributed by atoms with Crippen LogP contribution in [0.25, 0.3) is 0 Å². The zero-order valence-electron chi connectivity index (χ0n) is 8.70. The first kappa shape index (κ1) is 12.0. The molecule has 15 heavy (non-hydrogen) atoms. The Morgan fingerprint density at radius 3 is 2.80 bits per heavy atom. The Morgan fingerprint density at radius 2 is 2.40 bits per heavy atom. The number of halogens is 1. The minimum Gasteiger partial charge on any atom is -0.480 e. The maximum Gasteiger partial charge on any atom is 0.323 e. The Bertz CT molecular complexity index is 373. The normalized spacial score (nSPS) is 14.9. The molecule has 0 aliphatic heterocycles. The molecule has 0 bridgehead atoms.